The lowest BCUT2D eigenvalue weighted by Crippen LogP contribution is -2.34. The third-order valence-electron chi connectivity index (χ3n) is 5.77. The van der Waals surface area contributed by atoms with Crippen LogP contribution in [0.25, 0.3) is 11.1 Å². The van der Waals surface area contributed by atoms with Crippen LogP contribution in [0.2, 0.25) is 0 Å². The summed E-state index contributed by atoms with van der Waals surface area (Å²) in [5, 5.41) is 23.2. The Bertz CT molecular complexity index is 947. The van der Waals surface area contributed by atoms with E-state index in [4.69, 9.17) is 9.84 Å². The molecule has 4 N–H and O–H groups in total. The maximum absolute atomic E-state index is 12.3. The Balaban J connectivity index is 1.37. The minimum absolute atomic E-state index is 0.00166. The maximum Gasteiger partial charge on any atom is 0.407 e. The zero-order valence-corrected chi connectivity index (χ0v) is 18.6. The van der Waals surface area contributed by atoms with Gasteiger partial charge in [0.2, 0.25) is 5.91 Å². The van der Waals surface area contributed by atoms with E-state index in [0.29, 0.717) is 12.8 Å². The molecule has 176 valence electrons. The summed E-state index contributed by atoms with van der Waals surface area (Å²) in [5.41, 5.74) is 4.65. The van der Waals surface area contributed by atoms with E-state index in [9.17, 15) is 19.5 Å². The summed E-state index contributed by atoms with van der Waals surface area (Å²) in [4.78, 5) is 34.6. The van der Waals surface area contributed by atoms with Crippen molar-refractivity contribution in [2.45, 2.75) is 50.7 Å². The van der Waals surface area contributed by atoms with E-state index in [0.717, 1.165) is 11.1 Å². The number of hydrogen-bond acceptors (Lipinski definition) is 5. The number of carboxylic acid groups (broad SMARTS) is 1. The highest BCUT2D eigenvalue weighted by Gasteiger charge is 2.29. The Kier molecular flexibility index (Phi) is 8.43. The summed E-state index contributed by atoms with van der Waals surface area (Å²) in [6.45, 7) is 2.19. The largest absolute Gasteiger partial charge is 0.479 e. The van der Waals surface area contributed by atoms with Crippen LogP contribution in [0.1, 0.15) is 49.7 Å². The molecule has 2 aromatic carbocycles. The summed E-state index contributed by atoms with van der Waals surface area (Å²) in [7, 11) is 0. The van der Waals surface area contributed by atoms with Gasteiger partial charge >= 0.3 is 12.1 Å². The molecule has 0 bridgehead atoms. The zero-order chi connectivity index (χ0) is 23.8. The minimum atomic E-state index is -1.48. The summed E-state index contributed by atoms with van der Waals surface area (Å²) in [6.07, 6.45) is -0.614. The molecule has 0 heterocycles. The van der Waals surface area contributed by atoms with E-state index in [2.05, 4.69) is 34.9 Å². The molecule has 33 heavy (non-hydrogen) atoms. The quantitative estimate of drug-likeness (QED) is 0.414. The maximum atomic E-state index is 12.3. The van der Waals surface area contributed by atoms with Gasteiger partial charge in [0.1, 0.15) is 6.61 Å². The first kappa shape index (κ1) is 24.3. The normalized spacial score (nSPS) is 14.0. The number of aliphatic carboxylic acids is 1. The fraction of sp³-hybridized carbons (Fsp3) is 0.400. The molecule has 1 aliphatic rings. The number of nitrogens with one attached hydrogen (secondary N) is 2. The van der Waals surface area contributed by atoms with Gasteiger partial charge in [-0.05, 0) is 42.0 Å². The molecule has 0 saturated carbocycles. The standard InChI is InChI=1S/C25H30N2O6/c1-16(7-6-12-23(29)26-14-13-22(28)24(30)31)27-25(32)33-15-21-19-10-4-2-8-17(19)18-9-3-5-11-20(18)21/h2-5,8-11,16,21-22,28H,6-7,12-15H2,1H3,(H,26,29)(H,27,32)(H,30,31). The Morgan fingerprint density at radius 2 is 1.61 bits per heavy atom. The van der Waals surface area contributed by atoms with Gasteiger partial charge in [0.25, 0.3) is 0 Å². The van der Waals surface area contributed by atoms with Crippen LogP contribution < -0.4 is 10.6 Å². The highest BCUT2D eigenvalue weighted by molar-refractivity contribution is 5.79. The number of carbonyl (C=O) groups excluding carboxylic acids is 2. The first-order chi connectivity index (χ1) is 15.9. The smallest absolute Gasteiger partial charge is 0.407 e. The van der Waals surface area contributed by atoms with E-state index in [-0.39, 0.29) is 43.9 Å². The van der Waals surface area contributed by atoms with Gasteiger partial charge in [-0.3, -0.25) is 4.79 Å². The van der Waals surface area contributed by atoms with E-state index < -0.39 is 18.2 Å². The first-order valence-electron chi connectivity index (χ1n) is 11.2. The average Bonchev–Trinajstić information content (AvgIpc) is 3.11. The van der Waals surface area contributed by atoms with Crippen LogP contribution in [-0.4, -0.2) is 53.5 Å². The molecule has 3 rings (SSSR count). The van der Waals surface area contributed by atoms with Gasteiger partial charge in [0, 0.05) is 31.3 Å². The fourth-order valence-corrected chi connectivity index (χ4v) is 4.04. The number of ether oxygens (including phenoxy) is 1. The zero-order valence-electron chi connectivity index (χ0n) is 18.6. The van der Waals surface area contributed by atoms with Crippen LogP contribution >= 0.6 is 0 Å². The molecule has 0 spiro atoms. The Morgan fingerprint density at radius 3 is 2.21 bits per heavy atom. The number of hydrogen-bond donors (Lipinski definition) is 4. The predicted octanol–water partition coefficient (Wildman–Crippen LogP) is 3.04. The SMILES string of the molecule is CC(CCCC(=O)NCCC(O)C(=O)O)NC(=O)OCC1c2ccccc2-c2ccccc21. The van der Waals surface area contributed by atoms with Crippen molar-refractivity contribution in [3.8, 4) is 11.1 Å². The van der Waals surface area contributed by atoms with Crippen LogP contribution in [0.5, 0.6) is 0 Å². The molecule has 1 aliphatic carbocycles. The van der Waals surface area contributed by atoms with Crippen molar-refractivity contribution in [1.29, 1.82) is 0 Å². The van der Waals surface area contributed by atoms with Crippen molar-refractivity contribution >= 4 is 18.0 Å². The molecular formula is C25H30N2O6. The molecule has 2 amide bonds. The molecule has 0 aromatic heterocycles. The number of aliphatic hydroxyl groups excluding tert-OH is 1. The second-order valence-electron chi connectivity index (χ2n) is 8.26. The number of carboxylic acids is 1. The van der Waals surface area contributed by atoms with Crippen molar-refractivity contribution in [2.75, 3.05) is 13.2 Å². The number of benzene rings is 2. The molecule has 8 heteroatoms. The molecule has 0 aliphatic heterocycles. The van der Waals surface area contributed by atoms with Gasteiger partial charge in [0.05, 0.1) is 0 Å². The van der Waals surface area contributed by atoms with Crippen molar-refractivity contribution in [1.82, 2.24) is 10.6 Å². The molecule has 0 radical (unpaired) electrons. The van der Waals surface area contributed by atoms with Gasteiger partial charge < -0.3 is 25.6 Å². The molecule has 0 fully saturated rings. The van der Waals surface area contributed by atoms with Gasteiger partial charge in [-0.2, -0.15) is 0 Å². The van der Waals surface area contributed by atoms with Crippen molar-refractivity contribution < 1.29 is 29.3 Å². The minimum Gasteiger partial charge on any atom is -0.479 e. The highest BCUT2D eigenvalue weighted by Crippen LogP contribution is 2.44. The number of amides is 2. The van der Waals surface area contributed by atoms with Crippen LogP contribution in [0.3, 0.4) is 0 Å². The summed E-state index contributed by atoms with van der Waals surface area (Å²) in [5.74, 6) is -1.53. The molecule has 8 nitrogen and oxygen atoms in total. The third-order valence-corrected chi connectivity index (χ3v) is 5.77. The lowest BCUT2D eigenvalue weighted by molar-refractivity contribution is -0.147. The van der Waals surface area contributed by atoms with Gasteiger partial charge in [-0.15, -0.1) is 0 Å². The third kappa shape index (κ3) is 6.55. The van der Waals surface area contributed by atoms with Crippen LogP contribution in [0.15, 0.2) is 48.5 Å². The monoisotopic (exact) mass is 454 g/mol. The van der Waals surface area contributed by atoms with Gasteiger partial charge in [-0.1, -0.05) is 48.5 Å². The summed E-state index contributed by atoms with van der Waals surface area (Å²) in [6, 6.07) is 16.1. The molecule has 2 unspecified atom stereocenters. The average molecular weight is 455 g/mol. The fourth-order valence-electron chi connectivity index (χ4n) is 4.04. The number of aliphatic hydroxyl groups is 1. The van der Waals surface area contributed by atoms with Crippen molar-refractivity contribution in [3.05, 3.63) is 59.7 Å². The Labute approximate surface area is 193 Å². The summed E-state index contributed by atoms with van der Waals surface area (Å²) >= 11 is 0. The number of alkyl carbamates (subject to hydrolysis) is 1. The Hall–Kier alpha value is -3.39. The van der Waals surface area contributed by atoms with Gasteiger partial charge in [0.15, 0.2) is 6.10 Å². The van der Waals surface area contributed by atoms with E-state index >= 15 is 0 Å². The van der Waals surface area contributed by atoms with E-state index in [1.54, 1.807) is 0 Å². The molecule has 0 saturated heterocycles. The van der Waals surface area contributed by atoms with Gasteiger partial charge in [-0.25, -0.2) is 9.59 Å². The number of carbonyl (C=O) groups is 3. The lowest BCUT2D eigenvalue weighted by atomic mass is 9.98. The van der Waals surface area contributed by atoms with E-state index in [1.807, 2.05) is 31.2 Å². The van der Waals surface area contributed by atoms with Crippen LogP contribution in [-0.2, 0) is 14.3 Å². The molecule has 2 aromatic rings. The van der Waals surface area contributed by atoms with Crippen LogP contribution in [0.4, 0.5) is 4.79 Å². The number of rotatable bonds is 11. The predicted molar refractivity (Wildman–Crippen MR) is 123 cm³/mol. The van der Waals surface area contributed by atoms with Crippen molar-refractivity contribution in [3.63, 3.8) is 0 Å². The first-order valence-corrected chi connectivity index (χ1v) is 11.2. The molecule has 2 atom stereocenters. The van der Waals surface area contributed by atoms with E-state index in [1.165, 1.54) is 11.1 Å². The Morgan fingerprint density at radius 1 is 1.00 bits per heavy atom. The second-order valence-corrected chi connectivity index (χ2v) is 8.26. The molecular weight excluding hydrogens is 424 g/mol. The topological polar surface area (TPSA) is 125 Å². The highest BCUT2D eigenvalue weighted by atomic mass is 16.5. The second kappa shape index (κ2) is 11.5. The summed E-state index contributed by atoms with van der Waals surface area (Å²) < 4.78 is 5.53. The number of fused-ring (bicyclic) bond motifs is 3. The van der Waals surface area contributed by atoms with Crippen molar-refractivity contribution in [2.24, 2.45) is 0 Å². The van der Waals surface area contributed by atoms with Crippen LogP contribution in [0, 0.1) is 0 Å². The lowest BCUT2D eigenvalue weighted by Gasteiger charge is -2.17.